The average molecular weight is 366 g/mol. The van der Waals surface area contributed by atoms with E-state index in [1.165, 1.54) is 6.07 Å². The Balaban J connectivity index is 1.88. The van der Waals surface area contributed by atoms with Gasteiger partial charge in [0.05, 0.1) is 10.9 Å². The average Bonchev–Trinajstić information content (AvgIpc) is 2.63. The molecule has 0 bridgehead atoms. The lowest BCUT2D eigenvalue weighted by Crippen LogP contribution is -2.11. The van der Waals surface area contributed by atoms with E-state index in [0.717, 1.165) is 11.1 Å². The molecule has 1 heterocycles. The maximum absolute atomic E-state index is 12.4. The number of carboxylic acids is 1. The Hall–Kier alpha value is -3.28. The van der Waals surface area contributed by atoms with Gasteiger partial charge in [-0.2, -0.15) is 0 Å². The van der Waals surface area contributed by atoms with Gasteiger partial charge in [0, 0.05) is 24.8 Å². The first-order valence-corrected chi connectivity index (χ1v) is 8.87. The fraction of sp³-hybridized carbons (Fsp3) is 0.238. The molecule has 3 aromatic rings. The van der Waals surface area contributed by atoms with Crippen LogP contribution in [-0.4, -0.2) is 24.2 Å². The van der Waals surface area contributed by atoms with Gasteiger partial charge in [0.15, 0.2) is 11.3 Å². The molecule has 1 aromatic heterocycles. The smallest absolute Gasteiger partial charge is 0.337 e. The van der Waals surface area contributed by atoms with E-state index in [2.05, 4.69) is 10.6 Å². The molecular weight excluding hydrogens is 344 g/mol. The van der Waals surface area contributed by atoms with Crippen LogP contribution in [0.5, 0.6) is 0 Å². The normalized spacial score (nSPS) is 10.7. The van der Waals surface area contributed by atoms with Gasteiger partial charge in [-0.3, -0.25) is 4.79 Å². The Morgan fingerprint density at radius 2 is 1.93 bits per heavy atom. The summed E-state index contributed by atoms with van der Waals surface area (Å²) in [6.45, 7) is 5.04. The molecule has 0 saturated heterocycles. The van der Waals surface area contributed by atoms with Crippen LogP contribution in [0.2, 0.25) is 0 Å². The molecule has 3 N–H and O–H groups in total. The van der Waals surface area contributed by atoms with Crippen molar-refractivity contribution in [2.75, 3.05) is 23.7 Å². The third kappa shape index (κ3) is 4.11. The third-order valence-electron chi connectivity index (χ3n) is 4.27. The Bertz CT molecular complexity index is 1040. The number of anilines is 2. The lowest BCUT2D eigenvalue weighted by molar-refractivity contribution is 0.0698. The van der Waals surface area contributed by atoms with Gasteiger partial charge in [0.2, 0.25) is 0 Å². The van der Waals surface area contributed by atoms with Gasteiger partial charge in [0.25, 0.3) is 0 Å². The van der Waals surface area contributed by atoms with Crippen molar-refractivity contribution in [3.05, 3.63) is 69.4 Å². The second-order valence-corrected chi connectivity index (χ2v) is 6.33. The molecule has 0 amide bonds. The molecule has 0 aliphatic heterocycles. The highest BCUT2D eigenvalue weighted by molar-refractivity contribution is 5.94. The molecule has 3 rings (SSSR count). The maximum Gasteiger partial charge on any atom is 0.337 e. The van der Waals surface area contributed by atoms with Crippen molar-refractivity contribution in [3.8, 4) is 0 Å². The zero-order valence-electron chi connectivity index (χ0n) is 15.3. The number of carboxylic acid groups (broad SMARTS) is 1. The molecule has 0 spiro atoms. The minimum atomic E-state index is -0.972. The van der Waals surface area contributed by atoms with Crippen LogP contribution in [0.15, 0.2) is 51.7 Å². The third-order valence-corrected chi connectivity index (χ3v) is 4.27. The first kappa shape index (κ1) is 18.5. The van der Waals surface area contributed by atoms with E-state index < -0.39 is 5.97 Å². The molecule has 2 aromatic carbocycles. The minimum Gasteiger partial charge on any atom is -0.478 e. The molecule has 6 heteroatoms. The van der Waals surface area contributed by atoms with Gasteiger partial charge in [0.1, 0.15) is 5.58 Å². The van der Waals surface area contributed by atoms with Gasteiger partial charge in [-0.1, -0.05) is 18.2 Å². The van der Waals surface area contributed by atoms with Gasteiger partial charge in [-0.15, -0.1) is 0 Å². The highest BCUT2D eigenvalue weighted by atomic mass is 16.4. The number of carbonyl (C=O) groups is 1. The van der Waals surface area contributed by atoms with Crippen molar-refractivity contribution in [3.63, 3.8) is 0 Å². The van der Waals surface area contributed by atoms with E-state index >= 15 is 0 Å². The lowest BCUT2D eigenvalue weighted by atomic mass is 10.0. The Kier molecular flexibility index (Phi) is 5.45. The van der Waals surface area contributed by atoms with Crippen LogP contribution in [0, 0.1) is 6.92 Å². The number of nitrogens with one attached hydrogen (secondary N) is 2. The summed E-state index contributed by atoms with van der Waals surface area (Å²) in [5, 5.41) is 16.0. The molecule has 0 radical (unpaired) electrons. The minimum absolute atomic E-state index is 0.0821. The number of benzene rings is 2. The van der Waals surface area contributed by atoms with Crippen molar-refractivity contribution in [2.45, 2.75) is 20.3 Å². The summed E-state index contributed by atoms with van der Waals surface area (Å²) in [6, 6.07) is 12.1. The first-order valence-electron chi connectivity index (χ1n) is 8.87. The van der Waals surface area contributed by atoms with Crippen LogP contribution in [-0.2, 0) is 6.42 Å². The summed E-state index contributed by atoms with van der Waals surface area (Å²) in [5.74, 6) is -0.523. The summed E-state index contributed by atoms with van der Waals surface area (Å²) >= 11 is 0. The first-order chi connectivity index (χ1) is 13.0. The highest BCUT2D eigenvalue weighted by Crippen LogP contribution is 2.23. The molecule has 6 nitrogen and oxygen atoms in total. The van der Waals surface area contributed by atoms with Crippen LogP contribution in [0.25, 0.3) is 11.0 Å². The predicted octanol–water partition coefficient (Wildman–Crippen LogP) is 3.89. The van der Waals surface area contributed by atoms with Crippen molar-refractivity contribution < 1.29 is 14.3 Å². The summed E-state index contributed by atoms with van der Waals surface area (Å²) in [4.78, 5) is 23.7. The molecule has 0 unspecified atom stereocenters. The Labute approximate surface area is 156 Å². The quantitative estimate of drug-likeness (QED) is 0.588. The van der Waals surface area contributed by atoms with Crippen LogP contribution >= 0.6 is 0 Å². The van der Waals surface area contributed by atoms with E-state index in [0.29, 0.717) is 42.1 Å². The summed E-state index contributed by atoms with van der Waals surface area (Å²) in [7, 11) is 0. The van der Waals surface area contributed by atoms with Crippen LogP contribution < -0.4 is 16.1 Å². The van der Waals surface area contributed by atoms with Gasteiger partial charge in [-0.25, -0.2) is 4.79 Å². The topological polar surface area (TPSA) is 91.6 Å². The van der Waals surface area contributed by atoms with Crippen LogP contribution in [0.3, 0.4) is 0 Å². The maximum atomic E-state index is 12.4. The molecular formula is C21H22N2O4. The van der Waals surface area contributed by atoms with E-state index in [4.69, 9.17) is 4.42 Å². The fourth-order valence-corrected chi connectivity index (χ4v) is 3.09. The number of aryl methyl sites for hydroxylation is 1. The Morgan fingerprint density at radius 3 is 2.67 bits per heavy atom. The molecule has 27 heavy (non-hydrogen) atoms. The van der Waals surface area contributed by atoms with Crippen molar-refractivity contribution >= 4 is 28.5 Å². The van der Waals surface area contributed by atoms with E-state index in [1.54, 1.807) is 24.3 Å². The zero-order valence-corrected chi connectivity index (χ0v) is 15.3. The SMILES string of the molecule is CCNc1cc(=O)c2cc(C)cc(CCNc3ccccc3C(=O)O)c2o1. The largest absolute Gasteiger partial charge is 0.478 e. The molecule has 0 aliphatic rings. The molecule has 0 saturated carbocycles. The summed E-state index contributed by atoms with van der Waals surface area (Å²) in [5.41, 5.74) is 3.16. The summed E-state index contributed by atoms with van der Waals surface area (Å²) < 4.78 is 5.90. The van der Waals surface area contributed by atoms with E-state index in [-0.39, 0.29) is 11.0 Å². The van der Waals surface area contributed by atoms with Crippen LogP contribution in [0.1, 0.15) is 28.4 Å². The van der Waals surface area contributed by atoms with Crippen molar-refractivity contribution in [2.24, 2.45) is 0 Å². The molecule has 140 valence electrons. The number of hydrogen-bond donors (Lipinski definition) is 3. The van der Waals surface area contributed by atoms with Crippen LogP contribution in [0.4, 0.5) is 11.6 Å². The number of rotatable bonds is 7. The fourth-order valence-electron chi connectivity index (χ4n) is 3.09. The van der Waals surface area contributed by atoms with Crippen molar-refractivity contribution in [1.29, 1.82) is 0 Å². The van der Waals surface area contributed by atoms with Gasteiger partial charge in [-0.05, 0) is 49.6 Å². The Morgan fingerprint density at radius 1 is 1.15 bits per heavy atom. The summed E-state index contributed by atoms with van der Waals surface area (Å²) in [6.07, 6.45) is 0.588. The van der Waals surface area contributed by atoms with Gasteiger partial charge < -0.3 is 20.2 Å². The number of fused-ring (bicyclic) bond motifs is 1. The second-order valence-electron chi connectivity index (χ2n) is 6.33. The van der Waals surface area contributed by atoms with E-state index in [1.807, 2.05) is 26.0 Å². The second kappa shape index (κ2) is 7.95. The van der Waals surface area contributed by atoms with Crippen molar-refractivity contribution in [1.82, 2.24) is 0 Å². The highest BCUT2D eigenvalue weighted by Gasteiger charge is 2.12. The number of hydrogen-bond acceptors (Lipinski definition) is 5. The lowest BCUT2D eigenvalue weighted by Gasteiger charge is -2.12. The monoisotopic (exact) mass is 366 g/mol. The molecule has 0 fully saturated rings. The zero-order chi connectivity index (χ0) is 19.4. The molecule has 0 atom stereocenters. The number of para-hydroxylation sites is 1. The molecule has 0 aliphatic carbocycles. The standard InChI is InChI=1S/C21H22N2O4/c1-3-22-19-12-18(24)16-11-13(2)10-14(20(16)27-19)8-9-23-17-7-5-4-6-15(17)21(25)26/h4-7,10-12,22-23H,3,8-9H2,1-2H3,(H,25,26). The predicted molar refractivity (Wildman–Crippen MR) is 107 cm³/mol. The van der Waals surface area contributed by atoms with E-state index in [9.17, 15) is 14.7 Å². The number of aromatic carboxylic acids is 1. The van der Waals surface area contributed by atoms with Gasteiger partial charge >= 0.3 is 5.97 Å².